The Kier molecular flexibility index (Phi) is 7.56. The highest BCUT2D eigenvalue weighted by Crippen LogP contribution is 2.42. The normalized spacial score (nSPS) is 22.6. The van der Waals surface area contributed by atoms with Crippen molar-refractivity contribution in [3.05, 3.63) is 66.1 Å². The van der Waals surface area contributed by atoms with Crippen LogP contribution in [-0.2, 0) is 13.1 Å². The third-order valence-corrected chi connectivity index (χ3v) is 11.4. The zero-order valence-corrected chi connectivity index (χ0v) is 28.4. The number of rotatable bonds is 9. The lowest BCUT2D eigenvalue weighted by Crippen LogP contribution is -2.45. The Morgan fingerprint density at radius 2 is 1.84 bits per heavy atom. The lowest BCUT2D eigenvalue weighted by atomic mass is 10.1. The number of amides is 2. The zero-order valence-electron chi connectivity index (χ0n) is 28.4. The van der Waals surface area contributed by atoms with E-state index in [1.54, 1.807) is 13.3 Å². The van der Waals surface area contributed by atoms with E-state index in [1.807, 2.05) is 17.0 Å². The quantitative estimate of drug-likeness (QED) is 0.215. The molecule has 2 saturated heterocycles. The number of piperidine rings is 1. The number of imidazole rings is 1. The molecule has 260 valence electrons. The number of hydrogen-bond donors (Lipinski definition) is 2. The molecule has 2 aliphatic heterocycles. The number of nitriles is 1. The number of benzene rings is 2. The summed E-state index contributed by atoms with van der Waals surface area (Å²) in [5.74, 6) is 2.98. The molecule has 4 atom stereocenters. The standard InChI is InChI=1S/C38H39N9O4/c1-51-32-14-26(37(48)46-21-25-8-9-30(46)34(25)43-38(49)50)12-28-35(32)47(20-23-10-11-44(18-23)33-17-40-16-27(15-39)41-33)36(42-28)31-13-24-4-2-3-5-29(24)45(31)19-22-6-7-22/h2-5,12-14,16-17,22-23,25,30,34,43H,6-11,18-21H2,1H3,(H,49,50)/t23-,25+,30+,34+/m0/s1. The summed E-state index contributed by atoms with van der Waals surface area (Å²) in [5.41, 5.74) is 4.52. The van der Waals surface area contributed by atoms with Gasteiger partial charge in [-0.05, 0) is 74.1 Å². The summed E-state index contributed by atoms with van der Waals surface area (Å²) in [6, 6.07) is 16.1. The van der Waals surface area contributed by atoms with Gasteiger partial charge in [-0.3, -0.25) is 9.78 Å². The van der Waals surface area contributed by atoms with Gasteiger partial charge in [-0.15, -0.1) is 0 Å². The molecule has 13 nitrogen and oxygen atoms in total. The zero-order chi connectivity index (χ0) is 34.8. The third-order valence-electron chi connectivity index (χ3n) is 11.4. The number of fused-ring (bicyclic) bond motifs is 4. The van der Waals surface area contributed by atoms with Gasteiger partial charge in [0, 0.05) is 49.2 Å². The lowest BCUT2D eigenvalue weighted by molar-refractivity contribution is 0.0697. The minimum Gasteiger partial charge on any atom is -0.494 e. The molecule has 0 unspecified atom stereocenters. The van der Waals surface area contributed by atoms with Crippen molar-refractivity contribution in [1.29, 1.82) is 5.26 Å². The molecule has 4 aliphatic rings. The summed E-state index contributed by atoms with van der Waals surface area (Å²) >= 11 is 0. The van der Waals surface area contributed by atoms with Crippen LogP contribution in [0.15, 0.2) is 54.9 Å². The lowest BCUT2D eigenvalue weighted by Gasteiger charge is -2.27. The average molecular weight is 686 g/mol. The number of nitrogens with one attached hydrogen (secondary N) is 1. The summed E-state index contributed by atoms with van der Waals surface area (Å²) in [6.07, 6.45) is 7.17. The minimum absolute atomic E-state index is 0.110. The van der Waals surface area contributed by atoms with Crippen LogP contribution in [0, 0.1) is 29.1 Å². The van der Waals surface area contributed by atoms with Gasteiger partial charge in [-0.2, -0.15) is 5.26 Å². The highest BCUT2D eigenvalue weighted by atomic mass is 16.5. The summed E-state index contributed by atoms with van der Waals surface area (Å²) in [5, 5.41) is 22.7. The number of carboxylic acid groups (broad SMARTS) is 1. The van der Waals surface area contributed by atoms with Crippen molar-refractivity contribution in [3.63, 3.8) is 0 Å². The van der Waals surface area contributed by atoms with Crippen LogP contribution < -0.4 is 15.0 Å². The average Bonchev–Trinajstić information content (AvgIpc) is 3.48. The maximum atomic E-state index is 14.2. The van der Waals surface area contributed by atoms with Gasteiger partial charge < -0.3 is 34.1 Å². The fourth-order valence-electron chi connectivity index (χ4n) is 8.80. The maximum absolute atomic E-state index is 14.2. The van der Waals surface area contributed by atoms with Crippen molar-refractivity contribution in [2.24, 2.45) is 17.8 Å². The van der Waals surface area contributed by atoms with Crippen LogP contribution in [0.2, 0.25) is 0 Å². The first-order valence-corrected chi connectivity index (χ1v) is 17.8. The summed E-state index contributed by atoms with van der Waals surface area (Å²) in [6.45, 7) is 3.65. The topological polar surface area (TPSA) is 154 Å². The number of ether oxygens (including phenoxy) is 1. The van der Waals surface area contributed by atoms with Gasteiger partial charge in [0.25, 0.3) is 5.91 Å². The number of carbonyl (C=O) groups excluding carboxylic acids is 1. The molecule has 2 N–H and O–H groups in total. The molecule has 2 saturated carbocycles. The van der Waals surface area contributed by atoms with Crippen LogP contribution in [0.5, 0.6) is 5.75 Å². The molecule has 2 amide bonds. The van der Waals surface area contributed by atoms with E-state index in [1.165, 1.54) is 24.6 Å². The van der Waals surface area contributed by atoms with Crippen molar-refractivity contribution in [2.75, 3.05) is 31.6 Å². The van der Waals surface area contributed by atoms with Crippen LogP contribution in [0.3, 0.4) is 0 Å². The van der Waals surface area contributed by atoms with E-state index in [4.69, 9.17) is 9.72 Å². The SMILES string of the molecule is COc1cc(C(=O)N2C[C@H]3CC[C@@H]2[C@@H]3NC(=O)O)cc2nc(-c3cc4ccccc4n3CC3CC3)n(C[C@H]3CCN(c4cncc(C#N)n4)C3)c12. The number of methoxy groups -OCH3 is 1. The van der Waals surface area contributed by atoms with Gasteiger partial charge in [0.05, 0.1) is 42.8 Å². The molecule has 9 rings (SSSR count). The van der Waals surface area contributed by atoms with E-state index in [9.17, 15) is 20.0 Å². The molecule has 2 bridgehead atoms. The largest absolute Gasteiger partial charge is 0.494 e. The predicted octanol–water partition coefficient (Wildman–Crippen LogP) is 5.14. The second-order valence-corrected chi connectivity index (χ2v) is 14.5. The number of likely N-dealkylation sites (tertiary alicyclic amines) is 1. The van der Waals surface area contributed by atoms with Crippen LogP contribution in [0.4, 0.5) is 10.6 Å². The summed E-state index contributed by atoms with van der Waals surface area (Å²) < 4.78 is 10.7. The summed E-state index contributed by atoms with van der Waals surface area (Å²) in [7, 11) is 1.63. The molecular formula is C38H39N9O4. The molecule has 5 heterocycles. The Bertz CT molecular complexity index is 2230. The monoisotopic (exact) mass is 685 g/mol. The second kappa shape index (κ2) is 12.3. The number of nitrogens with zero attached hydrogens (tertiary/aromatic N) is 8. The van der Waals surface area contributed by atoms with Crippen LogP contribution in [-0.4, -0.2) is 84.9 Å². The number of para-hydroxylation sites is 1. The second-order valence-electron chi connectivity index (χ2n) is 14.5. The van der Waals surface area contributed by atoms with Gasteiger partial charge in [0.2, 0.25) is 0 Å². The van der Waals surface area contributed by atoms with Gasteiger partial charge in [0.1, 0.15) is 23.2 Å². The molecule has 51 heavy (non-hydrogen) atoms. The van der Waals surface area contributed by atoms with Crippen LogP contribution in [0.1, 0.15) is 48.2 Å². The first kappa shape index (κ1) is 31.3. The molecule has 13 heteroatoms. The van der Waals surface area contributed by atoms with Gasteiger partial charge >= 0.3 is 6.09 Å². The molecule has 2 aromatic carbocycles. The summed E-state index contributed by atoms with van der Waals surface area (Å²) in [4.78, 5) is 43.7. The Labute approximate surface area is 294 Å². The van der Waals surface area contributed by atoms with E-state index in [-0.39, 0.29) is 29.8 Å². The Morgan fingerprint density at radius 3 is 2.65 bits per heavy atom. The Balaban J connectivity index is 1.13. The molecule has 0 radical (unpaired) electrons. The molecular weight excluding hydrogens is 646 g/mol. The Hall–Kier alpha value is -5.64. The molecule has 2 aliphatic carbocycles. The highest BCUT2D eigenvalue weighted by Gasteiger charge is 2.49. The van der Waals surface area contributed by atoms with Crippen molar-refractivity contribution < 1.29 is 19.4 Å². The van der Waals surface area contributed by atoms with Crippen molar-refractivity contribution in [2.45, 2.75) is 57.3 Å². The van der Waals surface area contributed by atoms with Crippen LogP contribution >= 0.6 is 0 Å². The van der Waals surface area contributed by atoms with E-state index < -0.39 is 6.09 Å². The number of aromatic nitrogens is 5. The predicted molar refractivity (Wildman–Crippen MR) is 190 cm³/mol. The van der Waals surface area contributed by atoms with Crippen molar-refractivity contribution in [1.82, 2.24) is 34.3 Å². The fraction of sp³-hybridized carbons (Fsp3) is 0.421. The third kappa shape index (κ3) is 5.49. The first-order valence-electron chi connectivity index (χ1n) is 17.8. The minimum atomic E-state index is -1.06. The highest BCUT2D eigenvalue weighted by molar-refractivity contribution is 6.00. The smallest absolute Gasteiger partial charge is 0.404 e. The molecule has 3 aromatic heterocycles. The van der Waals surface area contributed by atoms with Crippen molar-refractivity contribution >= 4 is 39.8 Å². The van der Waals surface area contributed by atoms with E-state index in [0.29, 0.717) is 47.3 Å². The fourth-order valence-corrected chi connectivity index (χ4v) is 8.80. The van der Waals surface area contributed by atoms with Gasteiger partial charge in [0.15, 0.2) is 11.5 Å². The maximum Gasteiger partial charge on any atom is 0.404 e. The van der Waals surface area contributed by atoms with Crippen molar-refractivity contribution in [3.8, 4) is 23.3 Å². The molecule has 5 aromatic rings. The molecule has 4 fully saturated rings. The number of anilines is 1. The van der Waals surface area contributed by atoms with E-state index in [0.717, 1.165) is 61.3 Å². The Morgan fingerprint density at radius 1 is 1.00 bits per heavy atom. The first-order chi connectivity index (χ1) is 24.9. The van der Waals surface area contributed by atoms with Crippen LogP contribution in [0.25, 0.3) is 33.5 Å². The van der Waals surface area contributed by atoms with E-state index >= 15 is 0 Å². The number of carbonyl (C=O) groups is 2. The van der Waals surface area contributed by atoms with E-state index in [2.05, 4.69) is 65.7 Å². The molecule has 0 spiro atoms. The van der Waals surface area contributed by atoms with Gasteiger partial charge in [-0.25, -0.2) is 14.8 Å². The van der Waals surface area contributed by atoms with Gasteiger partial charge in [-0.1, -0.05) is 18.2 Å². The number of hydrogen-bond acceptors (Lipinski definition) is 8.